The molecule has 120 valence electrons. The highest BCUT2D eigenvalue weighted by molar-refractivity contribution is 5.83. The van der Waals surface area contributed by atoms with Gasteiger partial charge in [-0.05, 0) is 33.8 Å². The molecule has 0 spiro atoms. The third-order valence-corrected chi connectivity index (χ3v) is 2.08. The fourth-order valence-electron chi connectivity index (χ4n) is 1.39. The minimum absolute atomic E-state index is 0.120. The van der Waals surface area contributed by atoms with Crippen LogP contribution < -0.4 is 5.32 Å². The fourth-order valence-corrected chi connectivity index (χ4v) is 1.39. The predicted molar refractivity (Wildman–Crippen MR) is 75.5 cm³/mol. The molecule has 0 rings (SSSR count). The second-order valence-corrected chi connectivity index (χ2v) is 5.19. The summed E-state index contributed by atoms with van der Waals surface area (Å²) in [5.74, 6) is -1.35. The van der Waals surface area contributed by atoms with Crippen LogP contribution in [0.2, 0.25) is 0 Å². The second kappa shape index (κ2) is 8.28. The summed E-state index contributed by atoms with van der Waals surface area (Å²) in [7, 11) is 0. The van der Waals surface area contributed by atoms with Gasteiger partial charge in [-0.1, -0.05) is 6.58 Å². The Kier molecular flexibility index (Phi) is 7.48. The summed E-state index contributed by atoms with van der Waals surface area (Å²) in [6.45, 7) is 11.5. The van der Waals surface area contributed by atoms with Crippen molar-refractivity contribution in [3.8, 4) is 0 Å². The average molecular weight is 301 g/mol. The number of rotatable bonds is 6. The van der Waals surface area contributed by atoms with Crippen LogP contribution >= 0.6 is 0 Å². The van der Waals surface area contributed by atoms with E-state index in [2.05, 4.69) is 11.9 Å². The first kappa shape index (κ1) is 18.9. The maximum Gasteiger partial charge on any atom is 0.408 e. The van der Waals surface area contributed by atoms with Crippen LogP contribution in [-0.4, -0.2) is 42.4 Å². The van der Waals surface area contributed by atoms with Crippen molar-refractivity contribution in [2.45, 2.75) is 52.4 Å². The van der Waals surface area contributed by atoms with Crippen molar-refractivity contribution in [3.63, 3.8) is 0 Å². The molecule has 0 aliphatic heterocycles. The molecule has 7 nitrogen and oxygen atoms in total. The van der Waals surface area contributed by atoms with Crippen LogP contribution in [-0.2, 0) is 23.8 Å². The Labute approximate surface area is 124 Å². The highest BCUT2D eigenvalue weighted by atomic mass is 16.6. The van der Waals surface area contributed by atoms with Gasteiger partial charge in [-0.15, -0.1) is 0 Å². The maximum absolute atomic E-state index is 11.9. The summed E-state index contributed by atoms with van der Waals surface area (Å²) in [6, 6.07) is -1.22. The number of alkyl carbamates (subject to hydrolysis) is 1. The standard InChI is InChI=1S/C14H23NO6/c1-7-10(20-9(3)16)11(12(17)19-8-2)15-13(18)21-14(4,5)6/h7,10-11H,1,8H2,2-6H3,(H,15,18). The molecule has 0 bridgehead atoms. The van der Waals surface area contributed by atoms with Crippen LogP contribution in [0.1, 0.15) is 34.6 Å². The monoisotopic (exact) mass is 301 g/mol. The summed E-state index contributed by atoms with van der Waals surface area (Å²) in [4.78, 5) is 34.7. The highest BCUT2D eigenvalue weighted by Gasteiger charge is 2.33. The van der Waals surface area contributed by atoms with Crippen LogP contribution in [0.15, 0.2) is 12.7 Å². The van der Waals surface area contributed by atoms with Crippen LogP contribution in [0.25, 0.3) is 0 Å². The van der Waals surface area contributed by atoms with Gasteiger partial charge >= 0.3 is 18.0 Å². The number of hydrogen-bond donors (Lipinski definition) is 1. The topological polar surface area (TPSA) is 90.9 Å². The van der Waals surface area contributed by atoms with E-state index in [1.165, 1.54) is 13.0 Å². The molecular weight excluding hydrogens is 278 g/mol. The molecule has 0 aromatic rings. The van der Waals surface area contributed by atoms with E-state index in [0.29, 0.717) is 0 Å². The first-order valence-electron chi connectivity index (χ1n) is 6.56. The normalized spacial score (nSPS) is 13.6. The molecule has 0 aromatic heterocycles. The van der Waals surface area contributed by atoms with E-state index in [1.54, 1.807) is 27.7 Å². The lowest BCUT2D eigenvalue weighted by Gasteiger charge is -2.26. The molecule has 0 aliphatic rings. The van der Waals surface area contributed by atoms with Gasteiger partial charge in [-0.2, -0.15) is 0 Å². The minimum atomic E-state index is -1.22. The van der Waals surface area contributed by atoms with Gasteiger partial charge in [0.05, 0.1) is 6.61 Å². The summed E-state index contributed by atoms with van der Waals surface area (Å²) >= 11 is 0. The number of hydrogen-bond acceptors (Lipinski definition) is 6. The van der Waals surface area contributed by atoms with Gasteiger partial charge in [0, 0.05) is 6.92 Å². The van der Waals surface area contributed by atoms with Gasteiger partial charge in [0.2, 0.25) is 0 Å². The van der Waals surface area contributed by atoms with Crippen molar-refractivity contribution in [2.24, 2.45) is 0 Å². The van der Waals surface area contributed by atoms with Crippen molar-refractivity contribution >= 4 is 18.0 Å². The van der Waals surface area contributed by atoms with Crippen molar-refractivity contribution in [1.82, 2.24) is 5.32 Å². The summed E-state index contributed by atoms with van der Waals surface area (Å²) in [5, 5.41) is 2.33. The third-order valence-electron chi connectivity index (χ3n) is 2.08. The molecular formula is C14H23NO6. The molecule has 0 saturated heterocycles. The number of amides is 1. The molecule has 21 heavy (non-hydrogen) atoms. The van der Waals surface area contributed by atoms with E-state index >= 15 is 0 Å². The Morgan fingerprint density at radius 1 is 1.29 bits per heavy atom. The number of carbonyl (C=O) groups is 3. The molecule has 0 saturated carbocycles. The van der Waals surface area contributed by atoms with Gasteiger partial charge in [0.15, 0.2) is 12.1 Å². The smallest absolute Gasteiger partial charge is 0.408 e. The molecule has 2 unspecified atom stereocenters. The highest BCUT2D eigenvalue weighted by Crippen LogP contribution is 2.09. The van der Waals surface area contributed by atoms with Crippen LogP contribution in [0.3, 0.4) is 0 Å². The SMILES string of the molecule is C=CC(OC(C)=O)C(NC(=O)OC(C)(C)C)C(=O)OCC. The number of ether oxygens (including phenoxy) is 3. The van der Waals surface area contributed by atoms with Gasteiger partial charge in [-0.3, -0.25) is 4.79 Å². The zero-order chi connectivity index (χ0) is 16.6. The maximum atomic E-state index is 11.9. The van der Waals surface area contributed by atoms with E-state index < -0.39 is 35.8 Å². The Balaban J connectivity index is 5.04. The lowest BCUT2D eigenvalue weighted by Crippen LogP contribution is -2.51. The Morgan fingerprint density at radius 2 is 1.86 bits per heavy atom. The van der Waals surface area contributed by atoms with Crippen molar-refractivity contribution < 1.29 is 28.6 Å². The molecule has 1 amide bonds. The van der Waals surface area contributed by atoms with Gasteiger partial charge in [-0.25, -0.2) is 9.59 Å². The van der Waals surface area contributed by atoms with Crippen molar-refractivity contribution in [1.29, 1.82) is 0 Å². The zero-order valence-electron chi connectivity index (χ0n) is 13.1. The zero-order valence-corrected chi connectivity index (χ0v) is 13.1. The van der Waals surface area contributed by atoms with E-state index in [1.807, 2.05) is 0 Å². The largest absolute Gasteiger partial charge is 0.464 e. The van der Waals surface area contributed by atoms with E-state index in [9.17, 15) is 14.4 Å². The Hall–Kier alpha value is -2.05. The fraction of sp³-hybridized carbons (Fsp3) is 0.643. The molecule has 0 fully saturated rings. The van der Waals surface area contributed by atoms with Crippen molar-refractivity contribution in [2.75, 3.05) is 6.61 Å². The molecule has 0 heterocycles. The van der Waals surface area contributed by atoms with Crippen LogP contribution in [0, 0.1) is 0 Å². The Bertz CT molecular complexity index is 399. The summed E-state index contributed by atoms with van der Waals surface area (Å²) < 4.78 is 14.8. The van der Waals surface area contributed by atoms with Crippen LogP contribution in [0.5, 0.6) is 0 Å². The third kappa shape index (κ3) is 7.96. The van der Waals surface area contributed by atoms with Crippen LogP contribution in [0.4, 0.5) is 4.79 Å². The molecule has 1 N–H and O–H groups in total. The second-order valence-electron chi connectivity index (χ2n) is 5.19. The van der Waals surface area contributed by atoms with E-state index in [4.69, 9.17) is 14.2 Å². The molecule has 7 heteroatoms. The molecule has 0 aromatic carbocycles. The molecule has 0 radical (unpaired) electrons. The lowest BCUT2D eigenvalue weighted by atomic mass is 10.1. The minimum Gasteiger partial charge on any atom is -0.464 e. The average Bonchev–Trinajstić information content (AvgIpc) is 2.31. The van der Waals surface area contributed by atoms with Gasteiger partial charge < -0.3 is 19.5 Å². The van der Waals surface area contributed by atoms with Gasteiger partial charge in [0.25, 0.3) is 0 Å². The van der Waals surface area contributed by atoms with Gasteiger partial charge in [0.1, 0.15) is 5.60 Å². The number of carbonyl (C=O) groups excluding carboxylic acids is 3. The summed E-state index contributed by atoms with van der Waals surface area (Å²) in [5.41, 5.74) is -0.728. The first-order valence-corrected chi connectivity index (χ1v) is 6.56. The van der Waals surface area contributed by atoms with Crippen molar-refractivity contribution in [3.05, 3.63) is 12.7 Å². The molecule has 2 atom stereocenters. The van der Waals surface area contributed by atoms with E-state index in [0.717, 1.165) is 0 Å². The summed E-state index contributed by atoms with van der Waals surface area (Å²) in [6.07, 6.45) is -0.631. The number of esters is 2. The lowest BCUT2D eigenvalue weighted by molar-refractivity contribution is -0.154. The quantitative estimate of drug-likeness (QED) is 0.455. The predicted octanol–water partition coefficient (Wildman–Crippen LogP) is 1.56. The first-order chi connectivity index (χ1) is 9.60. The molecule has 0 aliphatic carbocycles. The Morgan fingerprint density at radius 3 is 2.24 bits per heavy atom. The number of nitrogens with one attached hydrogen (secondary N) is 1. The van der Waals surface area contributed by atoms with E-state index in [-0.39, 0.29) is 6.61 Å².